The van der Waals surface area contributed by atoms with Crippen molar-refractivity contribution < 1.29 is 13.2 Å². The molecule has 1 aromatic rings. The van der Waals surface area contributed by atoms with Gasteiger partial charge in [-0.05, 0) is 38.6 Å². The Morgan fingerprint density at radius 3 is 2.50 bits per heavy atom. The second kappa shape index (κ2) is 7.86. The first-order chi connectivity index (χ1) is 11.3. The summed E-state index contributed by atoms with van der Waals surface area (Å²) in [6.07, 6.45) is -3.56. The van der Waals surface area contributed by atoms with Gasteiger partial charge in [-0.2, -0.15) is 18.4 Å². The minimum atomic E-state index is -4.43. The van der Waals surface area contributed by atoms with Crippen LogP contribution in [0, 0.1) is 11.3 Å². The van der Waals surface area contributed by atoms with E-state index in [1.807, 2.05) is 13.0 Å². The Hall–Kier alpha value is -1.78. The van der Waals surface area contributed by atoms with E-state index in [4.69, 9.17) is 5.26 Å². The Morgan fingerprint density at radius 2 is 1.92 bits per heavy atom. The van der Waals surface area contributed by atoms with Crippen LogP contribution in [-0.4, -0.2) is 55.6 Å². The number of likely N-dealkylation sites (N-methyl/N-ethyl adjacent to an activating group) is 1. The maximum atomic E-state index is 12.7. The van der Waals surface area contributed by atoms with Crippen LogP contribution in [0.2, 0.25) is 0 Å². The zero-order valence-corrected chi connectivity index (χ0v) is 14.0. The van der Waals surface area contributed by atoms with Crippen LogP contribution < -0.4 is 5.32 Å². The molecular formula is C17H23F3N4. The zero-order valence-electron chi connectivity index (χ0n) is 14.0. The van der Waals surface area contributed by atoms with Gasteiger partial charge in [0.2, 0.25) is 0 Å². The molecule has 1 aromatic carbocycles. The van der Waals surface area contributed by atoms with E-state index in [1.165, 1.54) is 6.07 Å². The third-order valence-corrected chi connectivity index (χ3v) is 4.34. The highest BCUT2D eigenvalue weighted by atomic mass is 19.4. The van der Waals surface area contributed by atoms with Gasteiger partial charge in [-0.15, -0.1) is 0 Å². The molecule has 0 spiro atoms. The average molecular weight is 340 g/mol. The van der Waals surface area contributed by atoms with Crippen LogP contribution in [0.1, 0.15) is 24.5 Å². The molecular weight excluding hydrogens is 317 g/mol. The van der Waals surface area contributed by atoms with Crippen molar-refractivity contribution in [3.05, 3.63) is 29.3 Å². The summed E-state index contributed by atoms with van der Waals surface area (Å²) in [5, 5.41) is 12.3. The van der Waals surface area contributed by atoms with E-state index < -0.39 is 11.7 Å². The number of benzene rings is 1. The summed E-state index contributed by atoms with van der Waals surface area (Å²) in [7, 11) is 2.11. The molecule has 24 heavy (non-hydrogen) atoms. The van der Waals surface area contributed by atoms with Crippen LogP contribution in [0.5, 0.6) is 0 Å². The van der Waals surface area contributed by atoms with E-state index in [2.05, 4.69) is 22.2 Å². The van der Waals surface area contributed by atoms with Gasteiger partial charge in [0.1, 0.15) is 6.07 Å². The maximum Gasteiger partial charge on any atom is 0.416 e. The minimum absolute atomic E-state index is 0.0243. The molecule has 0 saturated carbocycles. The number of hydrogen-bond acceptors (Lipinski definition) is 4. The van der Waals surface area contributed by atoms with Crippen molar-refractivity contribution in [2.45, 2.75) is 25.6 Å². The van der Waals surface area contributed by atoms with Gasteiger partial charge in [0.25, 0.3) is 0 Å². The van der Waals surface area contributed by atoms with Crippen molar-refractivity contribution >= 4 is 5.69 Å². The van der Waals surface area contributed by atoms with Gasteiger partial charge in [0, 0.05) is 38.8 Å². The third kappa shape index (κ3) is 5.11. The van der Waals surface area contributed by atoms with Crippen LogP contribution in [0.15, 0.2) is 18.2 Å². The molecule has 0 amide bonds. The average Bonchev–Trinajstić information content (AvgIpc) is 2.53. The number of nitrogens with zero attached hydrogens (tertiary/aromatic N) is 3. The molecule has 132 valence electrons. The molecule has 1 N–H and O–H groups in total. The molecule has 1 fully saturated rings. The lowest BCUT2D eigenvalue weighted by atomic mass is 10.1. The number of rotatable bonds is 5. The summed E-state index contributed by atoms with van der Waals surface area (Å²) in [5.41, 5.74) is -0.317. The molecule has 0 bridgehead atoms. The fourth-order valence-corrected chi connectivity index (χ4v) is 2.72. The summed E-state index contributed by atoms with van der Waals surface area (Å²) >= 11 is 0. The summed E-state index contributed by atoms with van der Waals surface area (Å²) in [6, 6.07) is 5.17. The van der Waals surface area contributed by atoms with Gasteiger partial charge in [0.15, 0.2) is 0 Å². The van der Waals surface area contributed by atoms with Gasteiger partial charge in [0.05, 0.1) is 16.8 Å². The highest BCUT2D eigenvalue weighted by Gasteiger charge is 2.31. The summed E-state index contributed by atoms with van der Waals surface area (Å²) in [4.78, 5) is 4.68. The quantitative estimate of drug-likeness (QED) is 0.895. The summed E-state index contributed by atoms with van der Waals surface area (Å²) in [5.74, 6) is 0. The Bertz CT molecular complexity index is 586. The zero-order chi connectivity index (χ0) is 17.7. The summed E-state index contributed by atoms with van der Waals surface area (Å²) < 4.78 is 38.1. The lowest BCUT2D eigenvalue weighted by molar-refractivity contribution is -0.137. The van der Waals surface area contributed by atoms with E-state index in [0.717, 1.165) is 51.3 Å². The van der Waals surface area contributed by atoms with Crippen molar-refractivity contribution in [1.82, 2.24) is 9.80 Å². The van der Waals surface area contributed by atoms with Crippen molar-refractivity contribution in [3.8, 4) is 6.07 Å². The predicted molar refractivity (Wildman–Crippen MR) is 87.8 cm³/mol. The molecule has 4 nitrogen and oxygen atoms in total. The molecule has 2 rings (SSSR count). The first-order valence-corrected chi connectivity index (χ1v) is 8.08. The molecule has 0 aromatic heterocycles. The van der Waals surface area contributed by atoms with Gasteiger partial charge >= 0.3 is 6.18 Å². The van der Waals surface area contributed by atoms with E-state index in [0.29, 0.717) is 5.69 Å². The highest BCUT2D eigenvalue weighted by molar-refractivity contribution is 5.59. The first-order valence-electron chi connectivity index (χ1n) is 8.08. The molecule has 1 atom stereocenters. The highest BCUT2D eigenvalue weighted by Crippen LogP contribution is 2.31. The number of anilines is 1. The number of nitrogens with one attached hydrogen (secondary N) is 1. The SMILES string of the molecule is CC(CCN1CCN(C)CC1)Nc1ccc(C(F)(F)F)cc1C#N. The Balaban J connectivity index is 1.91. The second-order valence-corrected chi connectivity index (χ2v) is 6.35. The third-order valence-electron chi connectivity index (χ3n) is 4.34. The Labute approximate surface area is 140 Å². The number of nitriles is 1. The van der Waals surface area contributed by atoms with Gasteiger partial charge < -0.3 is 15.1 Å². The Morgan fingerprint density at radius 1 is 1.25 bits per heavy atom. The lowest BCUT2D eigenvalue weighted by Gasteiger charge is -2.33. The van der Waals surface area contributed by atoms with Crippen LogP contribution >= 0.6 is 0 Å². The predicted octanol–water partition coefficient (Wildman–Crippen LogP) is 3.01. The minimum Gasteiger partial charge on any atom is -0.381 e. The monoisotopic (exact) mass is 340 g/mol. The van der Waals surface area contributed by atoms with Crippen molar-refractivity contribution in [1.29, 1.82) is 5.26 Å². The van der Waals surface area contributed by atoms with Crippen LogP contribution in [0.3, 0.4) is 0 Å². The lowest BCUT2D eigenvalue weighted by Crippen LogP contribution is -2.45. The fraction of sp³-hybridized carbons (Fsp3) is 0.588. The van der Waals surface area contributed by atoms with Crippen molar-refractivity contribution in [2.75, 3.05) is 45.1 Å². The number of piperazine rings is 1. The smallest absolute Gasteiger partial charge is 0.381 e. The summed E-state index contributed by atoms with van der Waals surface area (Å²) in [6.45, 7) is 7.10. The van der Waals surface area contributed by atoms with E-state index in [-0.39, 0.29) is 11.6 Å². The Kier molecular flexibility index (Phi) is 6.08. The van der Waals surface area contributed by atoms with Crippen LogP contribution in [0.25, 0.3) is 0 Å². The molecule has 1 aliphatic rings. The normalized spacial score (nSPS) is 18.2. The van der Waals surface area contributed by atoms with E-state index in [1.54, 1.807) is 0 Å². The maximum absolute atomic E-state index is 12.7. The molecule has 1 saturated heterocycles. The number of hydrogen-bond donors (Lipinski definition) is 1. The van der Waals surface area contributed by atoms with Gasteiger partial charge in [-0.3, -0.25) is 0 Å². The second-order valence-electron chi connectivity index (χ2n) is 6.35. The largest absolute Gasteiger partial charge is 0.416 e. The van der Waals surface area contributed by atoms with E-state index in [9.17, 15) is 13.2 Å². The standard InChI is InChI=1S/C17H23F3N4/c1-13(5-6-24-9-7-23(2)8-10-24)22-16-4-3-15(17(18,19)20)11-14(16)12-21/h3-4,11,13,22H,5-10H2,1-2H3. The van der Waals surface area contributed by atoms with Crippen molar-refractivity contribution in [3.63, 3.8) is 0 Å². The van der Waals surface area contributed by atoms with E-state index >= 15 is 0 Å². The molecule has 0 radical (unpaired) electrons. The molecule has 1 aliphatic heterocycles. The topological polar surface area (TPSA) is 42.3 Å². The van der Waals surface area contributed by atoms with Gasteiger partial charge in [-0.25, -0.2) is 0 Å². The van der Waals surface area contributed by atoms with Crippen LogP contribution in [-0.2, 0) is 6.18 Å². The van der Waals surface area contributed by atoms with Gasteiger partial charge in [-0.1, -0.05) is 0 Å². The molecule has 1 unspecified atom stereocenters. The molecule has 7 heteroatoms. The fourth-order valence-electron chi connectivity index (χ4n) is 2.72. The number of alkyl halides is 3. The molecule has 1 heterocycles. The van der Waals surface area contributed by atoms with Crippen molar-refractivity contribution in [2.24, 2.45) is 0 Å². The van der Waals surface area contributed by atoms with Crippen LogP contribution in [0.4, 0.5) is 18.9 Å². The number of halogens is 3. The first kappa shape index (κ1) is 18.6. The molecule has 0 aliphatic carbocycles.